The van der Waals surface area contributed by atoms with Crippen LogP contribution in [0, 0.1) is 0 Å². The van der Waals surface area contributed by atoms with Crippen molar-refractivity contribution < 1.29 is 4.79 Å². The molecule has 0 N–H and O–H groups in total. The molecule has 0 bridgehead atoms. The molecule has 0 aliphatic carbocycles. The van der Waals surface area contributed by atoms with E-state index in [2.05, 4.69) is 38.8 Å². The van der Waals surface area contributed by atoms with Gasteiger partial charge >= 0.3 is 0 Å². The smallest absolute Gasteiger partial charge is 0.170 e. The number of carbonyl (C=O) groups is 1. The number of halogens is 3. The van der Waals surface area contributed by atoms with E-state index in [-0.39, 0.29) is 5.78 Å². The van der Waals surface area contributed by atoms with Gasteiger partial charge in [-0.2, -0.15) is 0 Å². The molecular weight excluding hydrogens is 399 g/mol. The van der Waals surface area contributed by atoms with Crippen molar-refractivity contribution in [3.05, 3.63) is 6.97 Å². The van der Waals surface area contributed by atoms with Crippen molar-refractivity contribution in [3.63, 3.8) is 0 Å². The summed E-state index contributed by atoms with van der Waals surface area (Å²) < 4.78 is 1.51. The van der Waals surface area contributed by atoms with E-state index >= 15 is 0 Å². The molecule has 0 saturated heterocycles. The summed E-state index contributed by atoms with van der Waals surface area (Å²) in [7, 11) is 0. The third-order valence-corrected chi connectivity index (χ3v) is 4.83. The summed E-state index contributed by atoms with van der Waals surface area (Å²) in [5, 5.41) is 0. The second-order valence-corrected chi connectivity index (χ2v) is 6.18. The second kappa shape index (κ2) is 7.50. The average Bonchev–Trinajstić information content (AvgIpc) is 2.03. The van der Waals surface area contributed by atoms with Crippen LogP contribution < -0.4 is 0 Å². The molecule has 0 heterocycles. The van der Waals surface area contributed by atoms with E-state index in [9.17, 15) is 4.79 Å². The molecule has 12 heavy (non-hydrogen) atoms. The standard InChI is InChI=1S/C8H11Br2IO/c1-2-3-4-5-6(12)7(11)8(9)10/h2-5H2,1H3. The van der Waals surface area contributed by atoms with Crippen LogP contribution in [0.3, 0.4) is 0 Å². The minimum Gasteiger partial charge on any atom is -0.294 e. The first-order valence-corrected chi connectivity index (χ1v) is 6.50. The molecule has 0 saturated carbocycles. The highest BCUT2D eigenvalue weighted by molar-refractivity contribution is 14.1. The Morgan fingerprint density at radius 3 is 2.33 bits per heavy atom. The Morgan fingerprint density at radius 2 is 1.92 bits per heavy atom. The van der Waals surface area contributed by atoms with Crippen LogP contribution in [0.1, 0.15) is 32.6 Å². The van der Waals surface area contributed by atoms with Crippen LogP contribution in [0.2, 0.25) is 0 Å². The molecule has 0 aliphatic rings. The predicted octanol–water partition coefficient (Wildman–Crippen LogP) is 4.53. The Balaban J connectivity index is 3.81. The van der Waals surface area contributed by atoms with E-state index in [4.69, 9.17) is 0 Å². The number of hydrogen-bond acceptors (Lipinski definition) is 1. The van der Waals surface area contributed by atoms with Crippen LogP contribution in [0.5, 0.6) is 0 Å². The van der Waals surface area contributed by atoms with Crippen molar-refractivity contribution in [2.75, 3.05) is 0 Å². The second-order valence-electron chi connectivity index (χ2n) is 2.45. The van der Waals surface area contributed by atoms with Gasteiger partial charge in [-0.15, -0.1) is 0 Å². The average molecular weight is 410 g/mol. The number of unbranched alkanes of at least 4 members (excludes halogenated alkanes) is 2. The molecule has 1 nitrogen and oxygen atoms in total. The summed E-state index contributed by atoms with van der Waals surface area (Å²) in [6.45, 7) is 2.13. The summed E-state index contributed by atoms with van der Waals surface area (Å²) in [5.41, 5.74) is 0. The van der Waals surface area contributed by atoms with Crippen molar-refractivity contribution in [1.29, 1.82) is 0 Å². The van der Waals surface area contributed by atoms with Crippen LogP contribution in [0.15, 0.2) is 6.97 Å². The Morgan fingerprint density at radius 1 is 1.33 bits per heavy atom. The molecule has 0 aromatic rings. The Labute approximate surface area is 104 Å². The first-order valence-electron chi connectivity index (χ1n) is 3.83. The number of rotatable bonds is 5. The van der Waals surface area contributed by atoms with Gasteiger partial charge in [0.25, 0.3) is 0 Å². The minimum absolute atomic E-state index is 0.216. The largest absolute Gasteiger partial charge is 0.294 e. The normalized spacial score (nSPS) is 9.67. The summed E-state index contributed by atoms with van der Waals surface area (Å²) in [6.07, 6.45) is 3.94. The van der Waals surface area contributed by atoms with Gasteiger partial charge in [0, 0.05) is 6.42 Å². The third kappa shape index (κ3) is 5.70. The van der Waals surface area contributed by atoms with Gasteiger partial charge in [0.2, 0.25) is 0 Å². The van der Waals surface area contributed by atoms with E-state index in [1.54, 1.807) is 0 Å². The molecule has 0 aromatic carbocycles. The van der Waals surface area contributed by atoms with E-state index < -0.39 is 0 Å². The Bertz CT molecular complexity index is 185. The quantitative estimate of drug-likeness (QED) is 0.370. The van der Waals surface area contributed by atoms with Gasteiger partial charge in [0.05, 0.1) is 6.97 Å². The topological polar surface area (TPSA) is 17.1 Å². The van der Waals surface area contributed by atoms with Gasteiger partial charge in [-0.3, -0.25) is 4.79 Å². The van der Waals surface area contributed by atoms with E-state index in [1.807, 2.05) is 22.6 Å². The molecule has 0 rings (SSSR count). The zero-order valence-corrected chi connectivity index (χ0v) is 12.2. The van der Waals surface area contributed by atoms with Gasteiger partial charge < -0.3 is 0 Å². The van der Waals surface area contributed by atoms with E-state index in [1.165, 1.54) is 0 Å². The summed E-state index contributed by atoms with van der Waals surface area (Å²) in [6, 6.07) is 0. The van der Waals surface area contributed by atoms with Gasteiger partial charge in [0.1, 0.15) is 0 Å². The van der Waals surface area contributed by atoms with Crippen molar-refractivity contribution in [2.24, 2.45) is 0 Å². The molecule has 0 aromatic heterocycles. The zero-order chi connectivity index (χ0) is 9.56. The van der Waals surface area contributed by atoms with Crippen LogP contribution in [-0.4, -0.2) is 5.78 Å². The molecule has 0 fully saturated rings. The zero-order valence-electron chi connectivity index (χ0n) is 6.87. The molecule has 4 heteroatoms. The molecule has 70 valence electrons. The number of carbonyl (C=O) groups excluding carboxylic acids is 1. The van der Waals surface area contributed by atoms with Crippen molar-refractivity contribution in [3.8, 4) is 0 Å². The molecule has 0 atom stereocenters. The van der Waals surface area contributed by atoms with Crippen molar-refractivity contribution in [2.45, 2.75) is 32.6 Å². The lowest BCUT2D eigenvalue weighted by atomic mass is 10.1. The first-order chi connectivity index (χ1) is 5.59. The van der Waals surface area contributed by atoms with Gasteiger partial charge in [-0.25, -0.2) is 0 Å². The highest BCUT2D eigenvalue weighted by Gasteiger charge is 2.08. The Hall–Kier alpha value is 1.10. The maximum absolute atomic E-state index is 11.3. The summed E-state index contributed by atoms with van der Waals surface area (Å²) in [4.78, 5) is 11.3. The predicted molar refractivity (Wildman–Crippen MR) is 68.0 cm³/mol. The SMILES string of the molecule is CCCCCC(=O)C(I)=C(Br)Br. The lowest BCUT2D eigenvalue weighted by Crippen LogP contribution is -1.96. The van der Waals surface area contributed by atoms with Crippen LogP contribution in [-0.2, 0) is 4.79 Å². The minimum atomic E-state index is 0.216. The molecule has 0 aliphatic heterocycles. The molecular formula is C8H11Br2IO. The van der Waals surface area contributed by atoms with Crippen molar-refractivity contribution in [1.82, 2.24) is 0 Å². The number of ketones is 1. The first kappa shape index (κ1) is 13.1. The lowest BCUT2D eigenvalue weighted by molar-refractivity contribution is -0.114. The molecule has 0 radical (unpaired) electrons. The van der Waals surface area contributed by atoms with Gasteiger partial charge in [-0.1, -0.05) is 19.8 Å². The maximum Gasteiger partial charge on any atom is 0.170 e. The highest BCUT2D eigenvalue weighted by atomic mass is 127. The fourth-order valence-electron chi connectivity index (χ4n) is 0.751. The Kier molecular flexibility index (Phi) is 8.19. The number of allylic oxidation sites excluding steroid dienone is 1. The monoisotopic (exact) mass is 408 g/mol. The lowest BCUT2D eigenvalue weighted by Gasteiger charge is -1.98. The number of Topliss-reactive ketones (excluding diaryl/α,β-unsaturated/α-hetero) is 1. The fraction of sp³-hybridized carbons (Fsp3) is 0.625. The maximum atomic E-state index is 11.3. The highest BCUT2D eigenvalue weighted by Crippen LogP contribution is 2.26. The van der Waals surface area contributed by atoms with E-state index in [0.717, 1.165) is 26.2 Å². The third-order valence-electron chi connectivity index (χ3n) is 1.42. The summed E-state index contributed by atoms with van der Waals surface area (Å²) in [5.74, 6) is 0.216. The summed E-state index contributed by atoms with van der Waals surface area (Å²) >= 11 is 8.48. The molecule has 0 spiro atoms. The molecule has 0 unspecified atom stereocenters. The van der Waals surface area contributed by atoms with E-state index in [0.29, 0.717) is 6.42 Å². The molecule has 0 amide bonds. The number of hydrogen-bond donors (Lipinski definition) is 0. The van der Waals surface area contributed by atoms with Gasteiger partial charge in [0.15, 0.2) is 5.78 Å². The van der Waals surface area contributed by atoms with Crippen LogP contribution in [0.4, 0.5) is 0 Å². The van der Waals surface area contributed by atoms with Crippen LogP contribution >= 0.6 is 54.5 Å². The fourth-order valence-corrected chi connectivity index (χ4v) is 1.46. The van der Waals surface area contributed by atoms with Crippen LogP contribution in [0.25, 0.3) is 0 Å². The van der Waals surface area contributed by atoms with Gasteiger partial charge in [-0.05, 0) is 60.9 Å². The van der Waals surface area contributed by atoms with Crippen molar-refractivity contribution >= 4 is 60.2 Å².